The Morgan fingerprint density at radius 2 is 1.96 bits per heavy atom. The molecule has 0 aromatic carbocycles. The van der Waals surface area contributed by atoms with Crippen molar-refractivity contribution in [1.29, 1.82) is 0 Å². The maximum absolute atomic E-state index is 13.5. The fourth-order valence-electron chi connectivity index (χ4n) is 3.08. The number of hydrogen-bond acceptors (Lipinski definition) is 5. The highest BCUT2D eigenvalue weighted by molar-refractivity contribution is 5.85. The van der Waals surface area contributed by atoms with Crippen LogP contribution >= 0.6 is 12.4 Å². The number of halogens is 2. The third-order valence-corrected chi connectivity index (χ3v) is 4.25. The van der Waals surface area contributed by atoms with Gasteiger partial charge in [0.2, 0.25) is 11.8 Å². The topological polar surface area (TPSA) is 60.8 Å². The maximum Gasteiger partial charge on any atom is 0.231 e. The van der Waals surface area contributed by atoms with E-state index < -0.39 is 5.95 Å². The van der Waals surface area contributed by atoms with Crippen LogP contribution in [0, 0.1) is 5.95 Å². The SMILES string of the molecule is Cl.Fc1cncc(-c2cc(OCc3ccccn3)nc3c2CCCC3)n1. The van der Waals surface area contributed by atoms with Crippen molar-refractivity contribution in [2.24, 2.45) is 0 Å². The summed E-state index contributed by atoms with van der Waals surface area (Å²) in [6.45, 7) is 0.334. The van der Waals surface area contributed by atoms with Crippen LogP contribution in [0.5, 0.6) is 5.88 Å². The van der Waals surface area contributed by atoms with Crippen LogP contribution in [-0.2, 0) is 19.4 Å². The summed E-state index contributed by atoms with van der Waals surface area (Å²) in [5, 5.41) is 0. The first-order chi connectivity index (χ1) is 12.3. The van der Waals surface area contributed by atoms with Gasteiger partial charge in [0.15, 0.2) is 0 Å². The summed E-state index contributed by atoms with van der Waals surface area (Å²) in [7, 11) is 0. The molecule has 0 saturated heterocycles. The molecular formula is C19H18ClFN4O. The second kappa shape index (κ2) is 8.19. The summed E-state index contributed by atoms with van der Waals surface area (Å²) < 4.78 is 19.4. The number of nitrogens with zero attached hydrogens (tertiary/aromatic N) is 4. The monoisotopic (exact) mass is 372 g/mol. The zero-order chi connectivity index (χ0) is 17.1. The Morgan fingerprint density at radius 3 is 2.77 bits per heavy atom. The van der Waals surface area contributed by atoms with E-state index in [0.29, 0.717) is 18.2 Å². The molecule has 26 heavy (non-hydrogen) atoms. The van der Waals surface area contributed by atoms with Gasteiger partial charge in [0.25, 0.3) is 0 Å². The maximum atomic E-state index is 13.5. The van der Waals surface area contributed by atoms with Crippen molar-refractivity contribution in [2.45, 2.75) is 32.3 Å². The van der Waals surface area contributed by atoms with Crippen molar-refractivity contribution in [3.05, 3.63) is 65.8 Å². The molecule has 1 aliphatic carbocycles. The second-order valence-electron chi connectivity index (χ2n) is 5.98. The first-order valence-corrected chi connectivity index (χ1v) is 8.33. The van der Waals surface area contributed by atoms with Crippen LogP contribution in [0.2, 0.25) is 0 Å². The predicted octanol–water partition coefficient (Wildman–Crippen LogP) is 3.95. The molecule has 0 unspecified atom stereocenters. The van der Waals surface area contributed by atoms with Crippen LogP contribution in [0.15, 0.2) is 42.9 Å². The van der Waals surface area contributed by atoms with E-state index in [4.69, 9.17) is 4.74 Å². The average Bonchev–Trinajstić information content (AvgIpc) is 2.66. The van der Waals surface area contributed by atoms with Crippen LogP contribution in [-0.4, -0.2) is 19.9 Å². The fourth-order valence-corrected chi connectivity index (χ4v) is 3.08. The van der Waals surface area contributed by atoms with E-state index in [2.05, 4.69) is 19.9 Å². The average molecular weight is 373 g/mol. The molecule has 134 valence electrons. The van der Waals surface area contributed by atoms with Crippen molar-refractivity contribution in [2.75, 3.05) is 0 Å². The first kappa shape index (κ1) is 18.2. The van der Waals surface area contributed by atoms with Gasteiger partial charge < -0.3 is 4.74 Å². The summed E-state index contributed by atoms with van der Waals surface area (Å²) >= 11 is 0. The quantitative estimate of drug-likeness (QED) is 0.693. The second-order valence-corrected chi connectivity index (χ2v) is 5.98. The Kier molecular flexibility index (Phi) is 5.73. The molecule has 3 aromatic rings. The molecule has 0 fully saturated rings. The Bertz CT molecular complexity index is 892. The van der Waals surface area contributed by atoms with E-state index >= 15 is 0 Å². The van der Waals surface area contributed by atoms with E-state index in [1.807, 2.05) is 24.3 Å². The molecule has 3 heterocycles. The summed E-state index contributed by atoms with van der Waals surface area (Å²) in [6.07, 6.45) is 8.41. The van der Waals surface area contributed by atoms with Crippen molar-refractivity contribution in [3.8, 4) is 17.1 Å². The Labute approximate surface area is 157 Å². The number of pyridine rings is 2. The number of hydrogen-bond donors (Lipinski definition) is 0. The van der Waals surface area contributed by atoms with Crippen LogP contribution in [0.3, 0.4) is 0 Å². The number of rotatable bonds is 4. The molecule has 0 amide bonds. The molecule has 0 bridgehead atoms. The molecular weight excluding hydrogens is 355 g/mol. The molecule has 0 atom stereocenters. The van der Waals surface area contributed by atoms with Gasteiger partial charge >= 0.3 is 0 Å². The van der Waals surface area contributed by atoms with E-state index in [-0.39, 0.29) is 12.4 Å². The zero-order valence-corrected chi connectivity index (χ0v) is 14.9. The van der Waals surface area contributed by atoms with Crippen molar-refractivity contribution >= 4 is 12.4 Å². The summed E-state index contributed by atoms with van der Waals surface area (Å²) in [4.78, 5) is 16.8. The third kappa shape index (κ3) is 3.96. The molecule has 0 spiro atoms. The standard InChI is InChI=1S/C19H17FN4O.ClH/c20-18-11-21-10-17(23-18)15-9-19(24-16-7-2-1-6-14(15)16)25-12-13-5-3-4-8-22-13;/h3-5,8-11H,1-2,6-7,12H2;1H. The third-order valence-electron chi connectivity index (χ3n) is 4.25. The van der Waals surface area contributed by atoms with Gasteiger partial charge in [0.05, 0.1) is 23.8 Å². The lowest BCUT2D eigenvalue weighted by atomic mass is 9.91. The molecule has 5 nitrogen and oxygen atoms in total. The van der Waals surface area contributed by atoms with Gasteiger partial charge in [-0.25, -0.2) is 9.97 Å². The lowest BCUT2D eigenvalue weighted by Crippen LogP contribution is -2.10. The minimum atomic E-state index is -0.588. The number of ether oxygens (including phenoxy) is 1. The van der Waals surface area contributed by atoms with Crippen molar-refractivity contribution in [1.82, 2.24) is 19.9 Å². The number of aromatic nitrogens is 4. The Balaban J connectivity index is 0.00000196. The minimum absolute atomic E-state index is 0. The lowest BCUT2D eigenvalue weighted by molar-refractivity contribution is 0.288. The highest BCUT2D eigenvalue weighted by Gasteiger charge is 2.19. The van der Waals surface area contributed by atoms with Crippen molar-refractivity contribution < 1.29 is 9.13 Å². The van der Waals surface area contributed by atoms with Gasteiger partial charge in [-0.15, -0.1) is 12.4 Å². The molecule has 7 heteroatoms. The molecule has 0 N–H and O–H groups in total. The number of aryl methyl sites for hydroxylation is 1. The zero-order valence-electron chi connectivity index (χ0n) is 14.1. The first-order valence-electron chi connectivity index (χ1n) is 8.33. The highest BCUT2D eigenvalue weighted by Crippen LogP contribution is 2.32. The molecule has 0 saturated carbocycles. The van der Waals surface area contributed by atoms with Gasteiger partial charge in [0.1, 0.15) is 6.61 Å². The lowest BCUT2D eigenvalue weighted by Gasteiger charge is -2.19. The predicted molar refractivity (Wildman–Crippen MR) is 97.7 cm³/mol. The van der Waals surface area contributed by atoms with Gasteiger partial charge in [-0.3, -0.25) is 9.97 Å². The van der Waals surface area contributed by atoms with E-state index in [0.717, 1.165) is 54.4 Å². The van der Waals surface area contributed by atoms with Crippen molar-refractivity contribution in [3.63, 3.8) is 0 Å². The summed E-state index contributed by atoms with van der Waals surface area (Å²) in [5.41, 5.74) is 4.33. The summed E-state index contributed by atoms with van der Waals surface area (Å²) in [5.74, 6) is -0.0813. The molecule has 0 aliphatic heterocycles. The van der Waals surface area contributed by atoms with Crippen LogP contribution in [0.1, 0.15) is 29.8 Å². The smallest absolute Gasteiger partial charge is 0.231 e. The largest absolute Gasteiger partial charge is 0.471 e. The van der Waals surface area contributed by atoms with Crippen LogP contribution in [0.4, 0.5) is 4.39 Å². The fraction of sp³-hybridized carbons (Fsp3) is 0.263. The molecule has 0 radical (unpaired) electrons. The molecule has 3 aromatic heterocycles. The minimum Gasteiger partial charge on any atom is -0.471 e. The molecule has 4 rings (SSSR count). The van der Waals surface area contributed by atoms with Gasteiger partial charge in [-0.2, -0.15) is 4.39 Å². The van der Waals surface area contributed by atoms with E-state index in [9.17, 15) is 4.39 Å². The summed E-state index contributed by atoms with van der Waals surface area (Å²) in [6, 6.07) is 7.51. The van der Waals surface area contributed by atoms with E-state index in [1.165, 1.54) is 0 Å². The van der Waals surface area contributed by atoms with Gasteiger partial charge in [-0.05, 0) is 43.4 Å². The highest BCUT2D eigenvalue weighted by atomic mass is 35.5. The van der Waals surface area contributed by atoms with Crippen LogP contribution in [0.25, 0.3) is 11.3 Å². The Morgan fingerprint density at radius 1 is 1.08 bits per heavy atom. The normalized spacial score (nSPS) is 12.8. The Hall–Kier alpha value is -2.60. The number of fused-ring (bicyclic) bond motifs is 1. The van der Waals surface area contributed by atoms with Gasteiger partial charge in [-0.1, -0.05) is 6.07 Å². The molecule has 1 aliphatic rings. The van der Waals surface area contributed by atoms with Gasteiger partial charge in [0, 0.05) is 23.5 Å². The van der Waals surface area contributed by atoms with Crippen LogP contribution < -0.4 is 4.74 Å². The van der Waals surface area contributed by atoms with E-state index in [1.54, 1.807) is 12.4 Å².